The zero-order valence-electron chi connectivity index (χ0n) is 10.3. The van der Waals surface area contributed by atoms with Gasteiger partial charge in [0.15, 0.2) is 0 Å². The molecule has 0 aliphatic carbocycles. The van der Waals surface area contributed by atoms with Crippen molar-refractivity contribution in [1.82, 2.24) is 0 Å². The van der Waals surface area contributed by atoms with E-state index in [1.807, 2.05) is 0 Å². The number of rotatable bonds is 2. The summed E-state index contributed by atoms with van der Waals surface area (Å²) in [6.07, 6.45) is 0. The first-order valence-electron chi connectivity index (χ1n) is 5.29. The van der Waals surface area contributed by atoms with Gasteiger partial charge in [-0.05, 0) is 5.92 Å². The standard InChI is InChI=1S/C7H17B.C4H10.CH4/c1-6(2)8(5)7(3)4;1-4(2)3;/h6-7H,1-5H3;4H,1-3H3;1H4. The first-order valence-corrected chi connectivity index (χ1v) is 5.29. The van der Waals surface area contributed by atoms with Crippen molar-refractivity contribution >= 4 is 6.71 Å². The van der Waals surface area contributed by atoms with Crippen molar-refractivity contribution in [3.05, 3.63) is 0 Å². The van der Waals surface area contributed by atoms with E-state index >= 15 is 0 Å². The van der Waals surface area contributed by atoms with E-state index in [9.17, 15) is 0 Å². The van der Waals surface area contributed by atoms with Gasteiger partial charge in [-0.2, -0.15) is 0 Å². The van der Waals surface area contributed by atoms with E-state index in [0.717, 1.165) is 24.3 Å². The van der Waals surface area contributed by atoms with Gasteiger partial charge in [0.2, 0.25) is 0 Å². The molecule has 0 fully saturated rings. The smallest absolute Gasteiger partial charge is 0.0857 e. The van der Waals surface area contributed by atoms with Crippen LogP contribution in [-0.4, -0.2) is 6.71 Å². The Kier molecular flexibility index (Phi) is 14.7. The molecular weight excluding hydrogens is 155 g/mol. The van der Waals surface area contributed by atoms with Gasteiger partial charge in [0.05, 0.1) is 0 Å². The fourth-order valence-electron chi connectivity index (χ4n) is 0.770. The molecule has 0 rings (SSSR count). The zero-order valence-corrected chi connectivity index (χ0v) is 10.3. The van der Waals surface area contributed by atoms with Crippen molar-refractivity contribution in [3.63, 3.8) is 0 Å². The van der Waals surface area contributed by atoms with Gasteiger partial charge in [0.1, 0.15) is 6.71 Å². The van der Waals surface area contributed by atoms with Crippen LogP contribution in [0.3, 0.4) is 0 Å². The highest BCUT2D eigenvalue weighted by Crippen LogP contribution is 2.18. The Morgan fingerprint density at radius 2 is 0.846 bits per heavy atom. The van der Waals surface area contributed by atoms with E-state index in [2.05, 4.69) is 55.3 Å². The molecule has 0 radical (unpaired) electrons. The lowest BCUT2D eigenvalue weighted by Crippen LogP contribution is -2.15. The number of hydrogen-bond acceptors (Lipinski definition) is 0. The quantitative estimate of drug-likeness (QED) is 0.518. The Morgan fingerprint density at radius 3 is 0.846 bits per heavy atom. The zero-order chi connectivity index (χ0) is 10.3. The van der Waals surface area contributed by atoms with Crippen molar-refractivity contribution in [2.24, 2.45) is 5.92 Å². The summed E-state index contributed by atoms with van der Waals surface area (Å²) in [5.41, 5.74) is 0. The summed E-state index contributed by atoms with van der Waals surface area (Å²) >= 11 is 0. The maximum absolute atomic E-state index is 2.31. The first kappa shape index (κ1) is 18.8. The minimum absolute atomic E-state index is 0. The molecule has 0 unspecified atom stereocenters. The predicted octanol–water partition coefficient (Wildman–Crippen LogP) is 5.23. The predicted molar refractivity (Wildman–Crippen MR) is 69.1 cm³/mol. The number of hydrogen-bond donors (Lipinski definition) is 0. The van der Waals surface area contributed by atoms with Crippen molar-refractivity contribution in [1.29, 1.82) is 0 Å². The lowest BCUT2D eigenvalue weighted by atomic mass is 9.37. The molecule has 0 aromatic carbocycles. The molecule has 0 heterocycles. The van der Waals surface area contributed by atoms with Gasteiger partial charge in [0.25, 0.3) is 0 Å². The normalized spacial score (nSPS) is 9.46. The summed E-state index contributed by atoms with van der Waals surface area (Å²) in [5.74, 6) is 2.52. The van der Waals surface area contributed by atoms with Crippen LogP contribution in [0.15, 0.2) is 0 Å². The maximum Gasteiger partial charge on any atom is 0.142 e. The van der Waals surface area contributed by atoms with Crippen LogP contribution in [0, 0.1) is 5.92 Å². The molecule has 0 aliphatic heterocycles. The van der Waals surface area contributed by atoms with E-state index in [0.29, 0.717) is 0 Å². The summed E-state index contributed by atoms with van der Waals surface area (Å²) < 4.78 is 0. The summed E-state index contributed by atoms with van der Waals surface area (Å²) in [6.45, 7) is 18.8. The second-order valence-electron chi connectivity index (χ2n) is 5.08. The Balaban J connectivity index is -0.000000173. The topological polar surface area (TPSA) is 0 Å². The third-order valence-electron chi connectivity index (χ3n) is 2.10. The molecule has 0 atom stereocenters. The lowest BCUT2D eigenvalue weighted by molar-refractivity contribution is 0.737. The molecule has 0 saturated heterocycles. The van der Waals surface area contributed by atoms with E-state index in [4.69, 9.17) is 0 Å². The van der Waals surface area contributed by atoms with Crippen molar-refractivity contribution in [2.75, 3.05) is 0 Å². The Labute approximate surface area is 87.6 Å². The largest absolute Gasteiger partial charge is 0.142 e. The van der Waals surface area contributed by atoms with Crippen LogP contribution in [-0.2, 0) is 0 Å². The van der Waals surface area contributed by atoms with Crippen LogP contribution in [0.25, 0.3) is 0 Å². The van der Waals surface area contributed by atoms with Crippen LogP contribution in [0.2, 0.25) is 18.5 Å². The molecule has 13 heavy (non-hydrogen) atoms. The van der Waals surface area contributed by atoms with Gasteiger partial charge in [-0.1, -0.05) is 74.4 Å². The second kappa shape index (κ2) is 10.1. The molecule has 0 spiro atoms. The van der Waals surface area contributed by atoms with Gasteiger partial charge < -0.3 is 0 Å². The van der Waals surface area contributed by atoms with Crippen LogP contribution in [0.1, 0.15) is 55.9 Å². The van der Waals surface area contributed by atoms with Gasteiger partial charge >= 0.3 is 0 Å². The molecule has 0 nitrogen and oxygen atoms in total. The third kappa shape index (κ3) is 18.8. The van der Waals surface area contributed by atoms with Gasteiger partial charge in [-0.3, -0.25) is 0 Å². The Hall–Kier alpha value is 0.0649. The highest BCUT2D eigenvalue weighted by Gasteiger charge is 2.14. The van der Waals surface area contributed by atoms with Gasteiger partial charge in [-0.25, -0.2) is 0 Å². The van der Waals surface area contributed by atoms with Crippen molar-refractivity contribution < 1.29 is 0 Å². The minimum Gasteiger partial charge on any atom is -0.0857 e. The van der Waals surface area contributed by atoms with E-state index < -0.39 is 0 Å². The monoisotopic (exact) mass is 186 g/mol. The minimum atomic E-state index is 0. The highest BCUT2D eigenvalue weighted by atomic mass is 13.9. The average molecular weight is 186 g/mol. The maximum atomic E-state index is 2.31. The van der Waals surface area contributed by atoms with Gasteiger partial charge in [-0.15, -0.1) is 0 Å². The summed E-state index contributed by atoms with van der Waals surface area (Å²) in [5, 5.41) is 0. The molecule has 0 amide bonds. The SMILES string of the molecule is C.CB(C(C)C)C(C)C.CC(C)C. The first-order chi connectivity index (χ1) is 5.29. The molecule has 0 aromatic rings. The molecule has 0 bridgehead atoms. The summed E-state index contributed by atoms with van der Waals surface area (Å²) in [7, 11) is 0. The summed E-state index contributed by atoms with van der Waals surface area (Å²) in [4.78, 5) is 0. The Morgan fingerprint density at radius 1 is 0.692 bits per heavy atom. The van der Waals surface area contributed by atoms with Crippen LogP contribution < -0.4 is 0 Å². The molecule has 0 N–H and O–H groups in total. The average Bonchev–Trinajstić information content (AvgIpc) is 1.84. The van der Waals surface area contributed by atoms with E-state index in [-0.39, 0.29) is 7.43 Å². The fraction of sp³-hybridized carbons (Fsp3) is 1.00. The lowest BCUT2D eigenvalue weighted by Gasteiger charge is -2.14. The molecule has 0 saturated carbocycles. The second-order valence-corrected chi connectivity index (χ2v) is 5.08. The fourth-order valence-corrected chi connectivity index (χ4v) is 0.770. The third-order valence-corrected chi connectivity index (χ3v) is 2.10. The van der Waals surface area contributed by atoms with E-state index in [1.165, 1.54) is 0 Å². The highest BCUT2D eigenvalue weighted by molar-refractivity contribution is 6.60. The van der Waals surface area contributed by atoms with Gasteiger partial charge in [0, 0.05) is 0 Å². The molecule has 0 aliphatic rings. The molecule has 82 valence electrons. The molecule has 0 aromatic heterocycles. The van der Waals surface area contributed by atoms with Crippen LogP contribution >= 0.6 is 0 Å². The molecule has 1 heteroatoms. The van der Waals surface area contributed by atoms with Crippen LogP contribution in [0.4, 0.5) is 0 Å². The summed E-state index contributed by atoms with van der Waals surface area (Å²) in [6, 6.07) is 0. The molecular formula is C12H31B. The van der Waals surface area contributed by atoms with Crippen molar-refractivity contribution in [3.8, 4) is 0 Å². The Bertz CT molecular complexity index is 74.4. The van der Waals surface area contributed by atoms with E-state index in [1.54, 1.807) is 0 Å². The van der Waals surface area contributed by atoms with Crippen LogP contribution in [0.5, 0.6) is 0 Å². The van der Waals surface area contributed by atoms with Crippen molar-refractivity contribution in [2.45, 2.75) is 74.4 Å².